The van der Waals surface area contributed by atoms with Gasteiger partial charge in [-0.1, -0.05) is 29.8 Å². The normalized spacial score (nSPS) is 17.6. The first-order valence-corrected chi connectivity index (χ1v) is 6.35. The Morgan fingerprint density at radius 2 is 2.11 bits per heavy atom. The third kappa shape index (κ3) is 2.16. The van der Waals surface area contributed by atoms with Gasteiger partial charge in [-0.3, -0.25) is 0 Å². The molecule has 0 saturated heterocycles. The summed E-state index contributed by atoms with van der Waals surface area (Å²) in [5, 5.41) is 4.25. The van der Waals surface area contributed by atoms with Crippen LogP contribution in [0.3, 0.4) is 0 Å². The van der Waals surface area contributed by atoms with Gasteiger partial charge in [-0.2, -0.15) is 0 Å². The molecule has 2 aromatic carbocycles. The fourth-order valence-electron chi connectivity index (χ4n) is 2.19. The maximum absolute atomic E-state index is 6.02. The zero-order chi connectivity index (χ0) is 12.5. The van der Waals surface area contributed by atoms with E-state index in [1.807, 2.05) is 24.3 Å². The van der Waals surface area contributed by atoms with Gasteiger partial charge < -0.3 is 10.1 Å². The molecule has 0 bridgehead atoms. The minimum absolute atomic E-state index is 0.151. The molecule has 18 heavy (non-hydrogen) atoms. The van der Waals surface area contributed by atoms with Crippen molar-refractivity contribution in [2.75, 3.05) is 11.9 Å². The lowest BCUT2D eigenvalue weighted by molar-refractivity contribution is 0.286. The molecule has 1 aliphatic heterocycles. The highest BCUT2D eigenvalue weighted by atomic mass is 35.5. The number of rotatable bonds is 1. The smallest absolute Gasteiger partial charge is 0.142 e. The van der Waals surface area contributed by atoms with Gasteiger partial charge in [-0.05, 0) is 42.3 Å². The van der Waals surface area contributed by atoms with E-state index in [-0.39, 0.29) is 6.04 Å². The number of halogens is 1. The number of fused-ring (bicyclic) bond motifs is 1. The summed E-state index contributed by atoms with van der Waals surface area (Å²) in [6.07, 6.45) is 0. The van der Waals surface area contributed by atoms with E-state index in [2.05, 4.69) is 30.4 Å². The Morgan fingerprint density at radius 3 is 2.94 bits per heavy atom. The monoisotopic (exact) mass is 259 g/mol. The summed E-state index contributed by atoms with van der Waals surface area (Å²) in [4.78, 5) is 0. The van der Waals surface area contributed by atoms with Crippen molar-refractivity contribution >= 4 is 17.3 Å². The second-order valence-electron chi connectivity index (χ2n) is 4.56. The van der Waals surface area contributed by atoms with Crippen LogP contribution in [-0.2, 0) is 0 Å². The summed E-state index contributed by atoms with van der Waals surface area (Å²) in [6, 6.07) is 14.2. The SMILES string of the molecule is Cc1ccc2c(c1)N[C@H](c1cccc(Cl)c1)CO2. The molecule has 0 amide bonds. The Bertz CT molecular complexity index is 582. The van der Waals surface area contributed by atoms with Crippen LogP contribution in [0.15, 0.2) is 42.5 Å². The first kappa shape index (κ1) is 11.4. The van der Waals surface area contributed by atoms with E-state index in [0.717, 1.165) is 22.0 Å². The quantitative estimate of drug-likeness (QED) is 0.829. The second kappa shape index (κ2) is 4.54. The summed E-state index contributed by atoms with van der Waals surface area (Å²) in [7, 11) is 0. The molecule has 2 aromatic rings. The van der Waals surface area contributed by atoms with E-state index in [1.54, 1.807) is 0 Å². The van der Waals surface area contributed by atoms with Gasteiger partial charge in [-0.25, -0.2) is 0 Å². The van der Waals surface area contributed by atoms with Crippen molar-refractivity contribution in [2.45, 2.75) is 13.0 Å². The first-order chi connectivity index (χ1) is 8.72. The van der Waals surface area contributed by atoms with E-state index in [0.29, 0.717) is 6.61 Å². The lowest BCUT2D eigenvalue weighted by Gasteiger charge is -2.28. The lowest BCUT2D eigenvalue weighted by atomic mass is 10.1. The molecule has 1 heterocycles. The van der Waals surface area contributed by atoms with Crippen LogP contribution >= 0.6 is 11.6 Å². The first-order valence-electron chi connectivity index (χ1n) is 5.98. The summed E-state index contributed by atoms with van der Waals surface area (Å²) in [6.45, 7) is 2.70. The molecular weight excluding hydrogens is 246 g/mol. The highest BCUT2D eigenvalue weighted by molar-refractivity contribution is 6.30. The van der Waals surface area contributed by atoms with E-state index in [1.165, 1.54) is 5.56 Å². The average Bonchev–Trinajstić information content (AvgIpc) is 2.38. The molecule has 0 fully saturated rings. The van der Waals surface area contributed by atoms with Crippen LogP contribution in [-0.4, -0.2) is 6.61 Å². The molecule has 0 spiro atoms. The summed E-state index contributed by atoms with van der Waals surface area (Å²) in [5.41, 5.74) is 3.41. The fraction of sp³-hybridized carbons (Fsp3) is 0.200. The number of benzene rings is 2. The standard InChI is InChI=1S/C15H14ClNO/c1-10-5-6-15-13(7-10)17-14(9-18-15)11-3-2-4-12(16)8-11/h2-8,14,17H,9H2,1H3/t14-/m0/s1. The van der Waals surface area contributed by atoms with Crippen LogP contribution in [0, 0.1) is 6.92 Å². The maximum Gasteiger partial charge on any atom is 0.142 e. The van der Waals surface area contributed by atoms with Gasteiger partial charge in [0.25, 0.3) is 0 Å². The molecule has 3 heteroatoms. The van der Waals surface area contributed by atoms with Crippen LogP contribution < -0.4 is 10.1 Å². The molecule has 0 radical (unpaired) electrons. The molecule has 0 aromatic heterocycles. The Labute approximate surface area is 112 Å². The Balaban J connectivity index is 1.90. The van der Waals surface area contributed by atoms with Crippen LogP contribution in [0.25, 0.3) is 0 Å². The van der Waals surface area contributed by atoms with Gasteiger partial charge in [0.1, 0.15) is 12.4 Å². The van der Waals surface area contributed by atoms with Crippen molar-refractivity contribution in [3.63, 3.8) is 0 Å². The Morgan fingerprint density at radius 1 is 1.22 bits per heavy atom. The molecule has 0 aliphatic carbocycles. The lowest BCUT2D eigenvalue weighted by Crippen LogP contribution is -2.23. The van der Waals surface area contributed by atoms with Crippen molar-refractivity contribution in [2.24, 2.45) is 0 Å². The molecule has 3 rings (SSSR count). The van der Waals surface area contributed by atoms with E-state index in [9.17, 15) is 0 Å². The van der Waals surface area contributed by atoms with Crippen LogP contribution in [0.5, 0.6) is 5.75 Å². The van der Waals surface area contributed by atoms with Gasteiger partial charge in [0.2, 0.25) is 0 Å². The van der Waals surface area contributed by atoms with Crippen LogP contribution in [0.4, 0.5) is 5.69 Å². The molecule has 1 aliphatic rings. The van der Waals surface area contributed by atoms with Gasteiger partial charge in [-0.15, -0.1) is 0 Å². The summed E-state index contributed by atoms with van der Waals surface area (Å²) in [5.74, 6) is 0.916. The maximum atomic E-state index is 6.02. The number of nitrogens with one attached hydrogen (secondary N) is 1. The number of ether oxygens (including phenoxy) is 1. The van der Waals surface area contributed by atoms with Gasteiger partial charge >= 0.3 is 0 Å². The largest absolute Gasteiger partial charge is 0.489 e. The number of aryl methyl sites for hydroxylation is 1. The van der Waals surface area contributed by atoms with Crippen LogP contribution in [0.2, 0.25) is 5.02 Å². The third-order valence-electron chi connectivity index (χ3n) is 3.12. The Hall–Kier alpha value is -1.67. The molecule has 2 nitrogen and oxygen atoms in total. The number of hydrogen-bond donors (Lipinski definition) is 1. The number of hydrogen-bond acceptors (Lipinski definition) is 2. The fourth-order valence-corrected chi connectivity index (χ4v) is 2.39. The van der Waals surface area contributed by atoms with E-state index < -0.39 is 0 Å². The average molecular weight is 260 g/mol. The molecule has 92 valence electrons. The third-order valence-corrected chi connectivity index (χ3v) is 3.36. The van der Waals surface area contributed by atoms with Crippen molar-refractivity contribution in [3.8, 4) is 5.75 Å². The highest BCUT2D eigenvalue weighted by Gasteiger charge is 2.20. The van der Waals surface area contributed by atoms with Crippen LogP contribution in [0.1, 0.15) is 17.2 Å². The zero-order valence-electron chi connectivity index (χ0n) is 10.1. The van der Waals surface area contributed by atoms with Gasteiger partial charge in [0.15, 0.2) is 0 Å². The minimum atomic E-state index is 0.151. The predicted molar refractivity (Wildman–Crippen MR) is 74.5 cm³/mol. The van der Waals surface area contributed by atoms with Crippen molar-refractivity contribution in [1.82, 2.24) is 0 Å². The molecule has 0 unspecified atom stereocenters. The van der Waals surface area contributed by atoms with E-state index >= 15 is 0 Å². The molecule has 0 saturated carbocycles. The summed E-state index contributed by atoms with van der Waals surface area (Å²) < 4.78 is 5.78. The molecule has 1 N–H and O–H groups in total. The minimum Gasteiger partial charge on any atom is -0.489 e. The van der Waals surface area contributed by atoms with Gasteiger partial charge in [0, 0.05) is 5.02 Å². The van der Waals surface area contributed by atoms with Gasteiger partial charge in [0.05, 0.1) is 11.7 Å². The van der Waals surface area contributed by atoms with Crippen molar-refractivity contribution < 1.29 is 4.74 Å². The predicted octanol–water partition coefficient (Wildman–Crippen LogP) is 4.19. The summed E-state index contributed by atoms with van der Waals surface area (Å²) >= 11 is 6.02. The molecule has 1 atom stereocenters. The topological polar surface area (TPSA) is 21.3 Å². The van der Waals surface area contributed by atoms with Crippen molar-refractivity contribution in [1.29, 1.82) is 0 Å². The van der Waals surface area contributed by atoms with Crippen molar-refractivity contribution in [3.05, 3.63) is 58.6 Å². The Kier molecular flexibility index (Phi) is 2.88. The second-order valence-corrected chi connectivity index (χ2v) is 5.00. The zero-order valence-corrected chi connectivity index (χ0v) is 10.9. The molecular formula is C15H14ClNO. The van der Waals surface area contributed by atoms with E-state index in [4.69, 9.17) is 16.3 Å². The highest BCUT2D eigenvalue weighted by Crippen LogP contribution is 2.34. The number of anilines is 1.